The van der Waals surface area contributed by atoms with Crippen LogP contribution in [0.25, 0.3) is 0 Å². The van der Waals surface area contributed by atoms with E-state index in [-0.39, 0.29) is 0 Å². The summed E-state index contributed by atoms with van der Waals surface area (Å²) in [6, 6.07) is 0. The maximum Gasteiger partial charge on any atom is 0.0751 e. The third kappa shape index (κ3) is 4.57. The van der Waals surface area contributed by atoms with Gasteiger partial charge in [-0.25, -0.2) is 0 Å². The van der Waals surface area contributed by atoms with Crippen molar-refractivity contribution in [2.75, 3.05) is 7.11 Å². The molecule has 10 heavy (non-hydrogen) atoms. The molecule has 0 spiro atoms. The smallest absolute Gasteiger partial charge is 0.0751 e. The molecule has 0 heterocycles. The SMILES string of the molecule is C/C=C/C(CCCC)OC. The van der Waals surface area contributed by atoms with Gasteiger partial charge in [0.1, 0.15) is 0 Å². The van der Waals surface area contributed by atoms with Crippen LogP contribution in [0.5, 0.6) is 0 Å². The van der Waals surface area contributed by atoms with Crippen molar-refractivity contribution in [3.63, 3.8) is 0 Å². The molecular weight excluding hydrogens is 124 g/mol. The molecular formula is C9H18O. The van der Waals surface area contributed by atoms with Gasteiger partial charge < -0.3 is 4.74 Å². The summed E-state index contributed by atoms with van der Waals surface area (Å²) in [7, 11) is 1.76. The maximum atomic E-state index is 5.21. The average Bonchev–Trinajstić information content (AvgIpc) is 1.98. The van der Waals surface area contributed by atoms with Crippen molar-refractivity contribution in [3.8, 4) is 0 Å². The molecule has 0 aromatic rings. The molecule has 0 aliphatic carbocycles. The Morgan fingerprint density at radius 2 is 2.20 bits per heavy atom. The van der Waals surface area contributed by atoms with Crippen molar-refractivity contribution in [2.24, 2.45) is 0 Å². The van der Waals surface area contributed by atoms with Gasteiger partial charge in [0.05, 0.1) is 6.10 Å². The second kappa shape index (κ2) is 6.81. The van der Waals surface area contributed by atoms with Crippen LogP contribution in [-0.2, 0) is 4.74 Å². The summed E-state index contributed by atoms with van der Waals surface area (Å²) in [5, 5.41) is 0. The first-order valence-electron chi connectivity index (χ1n) is 4.00. The summed E-state index contributed by atoms with van der Waals surface area (Å²) in [4.78, 5) is 0. The zero-order chi connectivity index (χ0) is 7.82. The summed E-state index contributed by atoms with van der Waals surface area (Å²) in [5.74, 6) is 0. The lowest BCUT2D eigenvalue weighted by atomic mass is 10.1. The topological polar surface area (TPSA) is 9.23 Å². The molecule has 1 heteroatoms. The third-order valence-electron chi connectivity index (χ3n) is 1.55. The first-order chi connectivity index (χ1) is 4.85. The Bertz CT molecular complexity index is 86.7. The number of methoxy groups -OCH3 is 1. The van der Waals surface area contributed by atoms with E-state index in [1.54, 1.807) is 7.11 Å². The van der Waals surface area contributed by atoms with Gasteiger partial charge in [-0.1, -0.05) is 31.9 Å². The molecule has 0 bridgehead atoms. The Labute approximate surface area is 64.1 Å². The van der Waals surface area contributed by atoms with Gasteiger partial charge >= 0.3 is 0 Å². The number of hydrogen-bond donors (Lipinski definition) is 0. The number of hydrogen-bond acceptors (Lipinski definition) is 1. The quantitative estimate of drug-likeness (QED) is 0.536. The van der Waals surface area contributed by atoms with Crippen LogP contribution in [0.1, 0.15) is 33.1 Å². The Hall–Kier alpha value is -0.300. The van der Waals surface area contributed by atoms with Crippen LogP contribution in [0.2, 0.25) is 0 Å². The summed E-state index contributed by atoms with van der Waals surface area (Å²) in [6.07, 6.45) is 8.14. The Morgan fingerprint density at radius 1 is 1.50 bits per heavy atom. The van der Waals surface area contributed by atoms with E-state index in [1.807, 2.05) is 13.0 Å². The van der Waals surface area contributed by atoms with E-state index in [4.69, 9.17) is 4.74 Å². The van der Waals surface area contributed by atoms with Crippen molar-refractivity contribution >= 4 is 0 Å². The Kier molecular flexibility index (Phi) is 6.61. The van der Waals surface area contributed by atoms with Crippen LogP contribution in [0.3, 0.4) is 0 Å². The molecule has 0 rings (SSSR count). The summed E-state index contributed by atoms with van der Waals surface area (Å²) in [5.41, 5.74) is 0. The number of unbranched alkanes of at least 4 members (excludes halogenated alkanes) is 1. The second-order valence-electron chi connectivity index (χ2n) is 2.44. The number of rotatable bonds is 5. The molecule has 0 aromatic heterocycles. The second-order valence-corrected chi connectivity index (χ2v) is 2.44. The lowest BCUT2D eigenvalue weighted by Gasteiger charge is -2.08. The van der Waals surface area contributed by atoms with E-state index < -0.39 is 0 Å². The molecule has 0 N–H and O–H groups in total. The van der Waals surface area contributed by atoms with Gasteiger partial charge in [0.15, 0.2) is 0 Å². The molecule has 0 aliphatic heterocycles. The normalized spacial score (nSPS) is 14.3. The molecule has 1 nitrogen and oxygen atoms in total. The van der Waals surface area contributed by atoms with Crippen molar-refractivity contribution in [3.05, 3.63) is 12.2 Å². The van der Waals surface area contributed by atoms with Crippen LogP contribution in [0, 0.1) is 0 Å². The Balaban J connectivity index is 3.39. The fourth-order valence-electron chi connectivity index (χ4n) is 0.913. The molecule has 60 valence electrons. The summed E-state index contributed by atoms with van der Waals surface area (Å²) in [6.45, 7) is 4.22. The van der Waals surface area contributed by atoms with Crippen LogP contribution in [0.4, 0.5) is 0 Å². The lowest BCUT2D eigenvalue weighted by molar-refractivity contribution is 0.131. The fraction of sp³-hybridized carbons (Fsp3) is 0.778. The van der Waals surface area contributed by atoms with Crippen molar-refractivity contribution in [1.29, 1.82) is 0 Å². The van der Waals surface area contributed by atoms with E-state index in [2.05, 4.69) is 13.0 Å². The van der Waals surface area contributed by atoms with Crippen LogP contribution in [-0.4, -0.2) is 13.2 Å². The summed E-state index contributed by atoms with van der Waals surface area (Å²) >= 11 is 0. The minimum atomic E-state index is 0.338. The number of allylic oxidation sites excluding steroid dienone is 1. The van der Waals surface area contributed by atoms with Gasteiger partial charge in [0.2, 0.25) is 0 Å². The largest absolute Gasteiger partial charge is 0.377 e. The van der Waals surface area contributed by atoms with Gasteiger partial charge in [-0.2, -0.15) is 0 Å². The average molecular weight is 142 g/mol. The zero-order valence-corrected chi connectivity index (χ0v) is 7.26. The van der Waals surface area contributed by atoms with Crippen LogP contribution >= 0.6 is 0 Å². The molecule has 1 unspecified atom stereocenters. The van der Waals surface area contributed by atoms with Gasteiger partial charge in [-0.3, -0.25) is 0 Å². The highest BCUT2D eigenvalue weighted by Crippen LogP contribution is 2.04. The third-order valence-corrected chi connectivity index (χ3v) is 1.55. The molecule has 0 aliphatic rings. The molecule has 0 saturated carbocycles. The standard InChI is InChI=1S/C9H18O/c1-4-6-8-9(10-3)7-5-2/h5,7,9H,4,6,8H2,1-3H3/b7-5+. The minimum absolute atomic E-state index is 0.338. The van der Waals surface area contributed by atoms with E-state index in [0.717, 1.165) is 6.42 Å². The highest BCUT2D eigenvalue weighted by atomic mass is 16.5. The van der Waals surface area contributed by atoms with E-state index >= 15 is 0 Å². The molecule has 1 atom stereocenters. The monoisotopic (exact) mass is 142 g/mol. The van der Waals surface area contributed by atoms with E-state index in [1.165, 1.54) is 12.8 Å². The van der Waals surface area contributed by atoms with Gasteiger partial charge in [-0.05, 0) is 13.3 Å². The van der Waals surface area contributed by atoms with Crippen molar-refractivity contribution in [1.82, 2.24) is 0 Å². The predicted molar refractivity (Wildman–Crippen MR) is 45.1 cm³/mol. The Morgan fingerprint density at radius 3 is 2.60 bits per heavy atom. The van der Waals surface area contributed by atoms with Crippen molar-refractivity contribution in [2.45, 2.75) is 39.2 Å². The first-order valence-corrected chi connectivity index (χ1v) is 4.00. The predicted octanol–water partition coefficient (Wildman–Crippen LogP) is 2.77. The van der Waals surface area contributed by atoms with Gasteiger partial charge in [0, 0.05) is 7.11 Å². The van der Waals surface area contributed by atoms with Crippen LogP contribution < -0.4 is 0 Å². The highest BCUT2D eigenvalue weighted by Gasteiger charge is 1.98. The maximum absolute atomic E-state index is 5.21. The molecule has 0 aromatic carbocycles. The van der Waals surface area contributed by atoms with Gasteiger partial charge in [-0.15, -0.1) is 0 Å². The van der Waals surface area contributed by atoms with E-state index in [9.17, 15) is 0 Å². The van der Waals surface area contributed by atoms with Crippen LogP contribution in [0.15, 0.2) is 12.2 Å². The van der Waals surface area contributed by atoms with E-state index in [0.29, 0.717) is 6.10 Å². The summed E-state index contributed by atoms with van der Waals surface area (Å²) < 4.78 is 5.21. The molecule has 0 radical (unpaired) electrons. The van der Waals surface area contributed by atoms with Crippen molar-refractivity contribution < 1.29 is 4.74 Å². The molecule has 0 amide bonds. The molecule has 0 saturated heterocycles. The molecule has 0 fully saturated rings. The number of ether oxygens (including phenoxy) is 1. The minimum Gasteiger partial charge on any atom is -0.377 e. The lowest BCUT2D eigenvalue weighted by Crippen LogP contribution is -2.05. The first kappa shape index (κ1) is 9.70. The fourth-order valence-corrected chi connectivity index (χ4v) is 0.913. The highest BCUT2D eigenvalue weighted by molar-refractivity contribution is 4.86. The zero-order valence-electron chi connectivity index (χ0n) is 7.26. The van der Waals surface area contributed by atoms with Gasteiger partial charge in [0.25, 0.3) is 0 Å².